The van der Waals surface area contributed by atoms with E-state index in [4.69, 9.17) is 27.6 Å². The van der Waals surface area contributed by atoms with Crippen LogP contribution in [0.2, 0.25) is 0 Å². The van der Waals surface area contributed by atoms with Crippen LogP contribution in [0, 0.1) is 36.7 Å². The second-order valence-electron chi connectivity index (χ2n) is 28.5. The third-order valence-electron chi connectivity index (χ3n) is 20.3. The van der Waals surface area contributed by atoms with Gasteiger partial charge in [-0.1, -0.05) is 112 Å². The summed E-state index contributed by atoms with van der Waals surface area (Å²) >= 11 is 0. The molecule has 21 nitrogen and oxygen atoms in total. The SMILES string of the molecule is CC1CCCCN1c1ccc(-c2nc(-c3ccccc3OC(F)(F)F)no2)cc1C(F)(F)F.COc1ccc(F)cc1-c1noc(-c2ccc(-c3ccccc3C)c(C)c2)n1.COc1ccccc1-c1noc(-c2ccc(N3CCCCC3C)c(C(F)(F)F)c2)n1.Cc1ccccc1-c1ccc(-c2nc(-c3ccccc3OC(F)(F)F)no2)cc1[N+](=O)[O-]. The molecule has 34 heteroatoms. The van der Waals surface area contributed by atoms with Crippen LogP contribution in [0.1, 0.15) is 80.2 Å². The van der Waals surface area contributed by atoms with Crippen LogP contribution in [0.5, 0.6) is 23.0 Å². The number of hydrogen-bond donors (Lipinski definition) is 0. The molecule has 2 saturated heterocycles. The van der Waals surface area contributed by atoms with E-state index < -0.39 is 52.6 Å². The highest BCUT2D eigenvalue weighted by atomic mass is 19.4. The third kappa shape index (κ3) is 20.7. The molecule has 10 aromatic carbocycles. The number of piperidine rings is 2. The molecule has 16 rings (SSSR count). The minimum atomic E-state index is -4.94. The summed E-state index contributed by atoms with van der Waals surface area (Å²) in [7, 11) is 3.04. The number of para-hydroxylation sites is 3. The van der Waals surface area contributed by atoms with Crippen molar-refractivity contribution in [1.29, 1.82) is 0 Å². The zero-order valence-electron chi connectivity index (χ0n) is 66.4. The van der Waals surface area contributed by atoms with Crippen molar-refractivity contribution in [2.45, 2.75) is 110 Å². The van der Waals surface area contributed by atoms with Crippen LogP contribution in [0.15, 0.2) is 230 Å². The van der Waals surface area contributed by atoms with E-state index in [1.165, 1.54) is 98.1 Å². The van der Waals surface area contributed by atoms with Crippen LogP contribution in [-0.2, 0) is 12.4 Å². The summed E-state index contributed by atoms with van der Waals surface area (Å²) < 4.78 is 213. The fraction of sp³-hybridized carbons (Fsp3) is 0.236. The summed E-state index contributed by atoms with van der Waals surface area (Å²) in [5.74, 6) is -0.182. The van der Waals surface area contributed by atoms with E-state index in [9.17, 15) is 67.2 Å². The molecule has 0 radical (unpaired) electrons. The summed E-state index contributed by atoms with van der Waals surface area (Å²) in [6.45, 7) is 11.0. The molecule has 14 aromatic rings. The van der Waals surface area contributed by atoms with E-state index in [0.717, 1.165) is 85.0 Å². The number of ether oxygens (including phenoxy) is 4. The van der Waals surface area contributed by atoms with Gasteiger partial charge in [-0.2, -0.15) is 46.3 Å². The van der Waals surface area contributed by atoms with Crippen LogP contribution in [-0.4, -0.2) is 97.6 Å². The zero-order valence-corrected chi connectivity index (χ0v) is 66.4. The van der Waals surface area contributed by atoms with Crippen molar-refractivity contribution >= 4 is 17.1 Å². The maximum Gasteiger partial charge on any atom is 0.573 e. The van der Waals surface area contributed by atoms with Gasteiger partial charge in [0.1, 0.15) is 28.8 Å². The summed E-state index contributed by atoms with van der Waals surface area (Å²) in [6.07, 6.45) is -13.6. The number of nitro groups is 1. The van der Waals surface area contributed by atoms with Gasteiger partial charge in [-0.05, 0) is 222 Å². The van der Waals surface area contributed by atoms with Crippen molar-refractivity contribution in [3.8, 4) is 137 Å². The van der Waals surface area contributed by atoms with Gasteiger partial charge in [0.2, 0.25) is 23.3 Å². The average molecular weight is 1700 g/mol. The van der Waals surface area contributed by atoms with Crippen molar-refractivity contribution < 1.29 is 99.0 Å². The van der Waals surface area contributed by atoms with Gasteiger partial charge in [0.15, 0.2) is 0 Å². The molecule has 0 aliphatic carbocycles. The number of nitro benzene ring substituents is 1. The topological polar surface area (TPSA) is 242 Å². The Hall–Kier alpha value is -14.0. The van der Waals surface area contributed by atoms with Crippen molar-refractivity contribution in [2.75, 3.05) is 37.1 Å². The molecule has 4 aromatic heterocycles. The Balaban J connectivity index is 0.000000141. The Morgan fingerprint density at radius 1 is 0.382 bits per heavy atom. The molecule has 0 bridgehead atoms. The highest BCUT2D eigenvalue weighted by molar-refractivity contribution is 5.80. The minimum Gasteiger partial charge on any atom is -0.496 e. The Morgan fingerprint density at radius 3 is 1.11 bits per heavy atom. The number of anilines is 2. The number of alkyl halides is 12. The average Bonchev–Trinajstić information content (AvgIpc) is 1.75. The third-order valence-corrected chi connectivity index (χ3v) is 20.3. The zero-order chi connectivity index (χ0) is 87.7. The van der Waals surface area contributed by atoms with E-state index >= 15 is 0 Å². The maximum absolute atomic E-state index is 13.9. The van der Waals surface area contributed by atoms with Gasteiger partial charge in [0.05, 0.1) is 58.1 Å². The first-order valence-electron chi connectivity index (χ1n) is 38.2. The number of nitrogens with zero attached hydrogens (tertiary/aromatic N) is 11. The minimum absolute atomic E-state index is 0.00343. The van der Waals surface area contributed by atoms with E-state index in [1.54, 1.807) is 65.6 Å². The molecule has 636 valence electrons. The number of benzene rings is 10. The number of hydrogen-bond acceptors (Lipinski definition) is 20. The van der Waals surface area contributed by atoms with Crippen molar-refractivity contribution in [3.63, 3.8) is 0 Å². The van der Waals surface area contributed by atoms with E-state index in [-0.39, 0.29) is 104 Å². The summed E-state index contributed by atoms with van der Waals surface area (Å²) in [5, 5.41) is 27.0. The van der Waals surface area contributed by atoms with Gasteiger partial charge in [-0.15, -0.1) is 26.3 Å². The predicted octanol–water partition coefficient (Wildman–Crippen LogP) is 24.5. The summed E-state index contributed by atoms with van der Waals surface area (Å²) in [5.41, 5.74) is 7.44. The van der Waals surface area contributed by atoms with Crippen LogP contribution >= 0.6 is 0 Å². The fourth-order valence-electron chi connectivity index (χ4n) is 14.3. The monoisotopic (exact) mass is 1700 g/mol. The van der Waals surface area contributed by atoms with Crippen LogP contribution in [0.3, 0.4) is 0 Å². The second kappa shape index (κ2) is 37.0. The molecule has 123 heavy (non-hydrogen) atoms. The highest BCUT2D eigenvalue weighted by Gasteiger charge is 2.40. The lowest BCUT2D eigenvalue weighted by Gasteiger charge is -2.37. The predicted molar refractivity (Wildman–Crippen MR) is 430 cm³/mol. The van der Waals surface area contributed by atoms with Crippen LogP contribution < -0.4 is 28.7 Å². The number of aromatic nitrogens is 8. The fourth-order valence-corrected chi connectivity index (χ4v) is 14.3. The van der Waals surface area contributed by atoms with E-state index in [0.29, 0.717) is 52.7 Å². The van der Waals surface area contributed by atoms with Crippen LogP contribution in [0.25, 0.3) is 114 Å². The van der Waals surface area contributed by atoms with Gasteiger partial charge < -0.3 is 46.8 Å². The molecule has 0 spiro atoms. The number of aryl methyl sites for hydroxylation is 3. The molecule has 2 atom stereocenters. The number of halogens is 13. The van der Waals surface area contributed by atoms with Gasteiger partial charge in [-0.3, -0.25) is 10.1 Å². The molecular formula is C89H74F13N11O10. The molecule has 0 N–H and O–H groups in total. The molecule has 6 heterocycles. The Morgan fingerprint density at radius 2 is 0.724 bits per heavy atom. The molecule has 0 amide bonds. The standard InChI is InChI=1S/C23H19FN2O2.C22H19F6N3O2.C22H14F3N3O4.C22H22F3N3O2/c1-14-6-4-5-7-18(14)19-10-8-16(12-15(19)2)23-25-22(26-28-23)20-13-17(24)9-11-21(20)27-3;1-13-6-4-5-11-31(13)17-10-9-14(12-16(17)21(23,24)25)20-29-19(30-33-20)15-7-2-3-8-18(15)32-22(26,27)28;1-13-6-2-3-7-15(13)16-11-10-14(12-18(16)28(29)30)21-26-20(27-32-21)17-8-4-5-9-19(17)31-22(23,24)25;1-14-7-5-6-12-28(14)18-11-10-15(13-17(18)22(23,24)25)21-26-20(27-30-21)16-8-3-4-9-19(16)29-2/h4-13H,1-3H3;2-3,7-10,12-13H,4-6,11H2,1H3;2-12H,1H3;3-4,8-11,13-14H,5-7,12H2,1-2H3. The highest BCUT2D eigenvalue weighted by Crippen LogP contribution is 2.46. The second-order valence-corrected chi connectivity index (χ2v) is 28.5. The number of methoxy groups -OCH3 is 2. The molecule has 0 saturated carbocycles. The molecule has 2 unspecified atom stereocenters. The first kappa shape index (κ1) is 86.9. The molecule has 2 aliphatic rings. The first-order chi connectivity index (χ1) is 58.7. The van der Waals surface area contributed by atoms with E-state index in [1.807, 2.05) is 62.1 Å². The first-order valence-corrected chi connectivity index (χ1v) is 38.2. The quantitative estimate of drug-likeness (QED) is 0.0467. The Kier molecular flexibility index (Phi) is 26.1. The van der Waals surface area contributed by atoms with Crippen LogP contribution in [0.4, 0.5) is 74.1 Å². The van der Waals surface area contributed by atoms with Gasteiger partial charge in [0, 0.05) is 64.9 Å². The molecule has 2 aliphatic heterocycles. The lowest BCUT2D eigenvalue weighted by molar-refractivity contribution is -0.384. The normalized spacial score (nSPS) is 14.3. The summed E-state index contributed by atoms with van der Waals surface area (Å²) in [4.78, 5) is 31.6. The summed E-state index contributed by atoms with van der Waals surface area (Å²) in [6, 6.07) is 55.7. The van der Waals surface area contributed by atoms with Crippen molar-refractivity contribution in [3.05, 3.63) is 256 Å². The maximum atomic E-state index is 13.9. The molecule has 2 fully saturated rings. The van der Waals surface area contributed by atoms with Crippen molar-refractivity contribution in [2.24, 2.45) is 0 Å². The number of rotatable bonds is 17. The molecular weight excluding hydrogens is 1630 g/mol. The van der Waals surface area contributed by atoms with E-state index in [2.05, 4.69) is 82.1 Å². The lowest BCUT2D eigenvalue weighted by atomic mass is 9.95. The Labute approximate surface area is 693 Å². The van der Waals surface area contributed by atoms with Gasteiger partial charge in [0.25, 0.3) is 29.3 Å². The largest absolute Gasteiger partial charge is 0.573 e. The smallest absolute Gasteiger partial charge is 0.496 e. The van der Waals surface area contributed by atoms with Gasteiger partial charge in [-0.25, -0.2) is 4.39 Å². The van der Waals surface area contributed by atoms with Gasteiger partial charge >= 0.3 is 25.1 Å². The lowest BCUT2D eigenvalue weighted by Crippen LogP contribution is -2.38. The van der Waals surface area contributed by atoms with Crippen molar-refractivity contribution in [1.82, 2.24) is 40.6 Å². The Bertz CT molecular complexity index is 6060.